The van der Waals surface area contributed by atoms with Gasteiger partial charge in [0.15, 0.2) is 6.61 Å². The molecule has 12 nitrogen and oxygen atoms in total. The van der Waals surface area contributed by atoms with Crippen molar-refractivity contribution in [3.63, 3.8) is 0 Å². The highest BCUT2D eigenvalue weighted by Gasteiger charge is 2.32. The first-order valence-electron chi connectivity index (χ1n) is 20.5. The molecule has 0 saturated carbocycles. The Kier molecular flexibility index (Phi) is 14.1. The first-order chi connectivity index (χ1) is 30.2. The predicted molar refractivity (Wildman–Crippen MR) is 235 cm³/mol. The molecule has 2 aliphatic rings. The van der Waals surface area contributed by atoms with Crippen LogP contribution in [0, 0.1) is 0 Å². The van der Waals surface area contributed by atoms with Gasteiger partial charge in [0.1, 0.15) is 29.9 Å². The number of rotatable bonds is 10. The summed E-state index contributed by atoms with van der Waals surface area (Å²) in [4.78, 5) is 73.2. The largest absolute Gasteiger partial charge is 0.484 e. The summed E-state index contributed by atoms with van der Waals surface area (Å²) in [5.74, 6) is -3.45. The molecule has 5 aromatic carbocycles. The van der Waals surface area contributed by atoms with Gasteiger partial charge in [-0.3, -0.25) is 24.2 Å². The third-order valence-electron chi connectivity index (χ3n) is 10.7. The summed E-state index contributed by atoms with van der Waals surface area (Å²) >= 11 is 0. The Morgan fingerprint density at radius 2 is 1.10 bits per heavy atom. The van der Waals surface area contributed by atoms with Crippen LogP contribution in [0.5, 0.6) is 5.75 Å². The summed E-state index contributed by atoms with van der Waals surface area (Å²) in [7, 11) is 0. The van der Waals surface area contributed by atoms with Gasteiger partial charge >= 0.3 is 5.97 Å². The van der Waals surface area contributed by atoms with Crippen LogP contribution in [0.4, 0.5) is 0 Å². The molecule has 62 heavy (non-hydrogen) atoms. The van der Waals surface area contributed by atoms with E-state index >= 15 is 0 Å². The Morgan fingerprint density at radius 3 is 1.69 bits per heavy atom. The summed E-state index contributed by atoms with van der Waals surface area (Å²) < 4.78 is 5.76. The number of pyridine rings is 1. The van der Waals surface area contributed by atoms with Gasteiger partial charge in [0.25, 0.3) is 5.91 Å². The van der Waals surface area contributed by atoms with Gasteiger partial charge in [-0.05, 0) is 75.5 Å². The van der Waals surface area contributed by atoms with Crippen molar-refractivity contribution >= 4 is 29.6 Å². The lowest BCUT2D eigenvalue weighted by Gasteiger charge is -2.26. The molecule has 4 amide bonds. The van der Waals surface area contributed by atoms with Crippen molar-refractivity contribution in [2.45, 2.75) is 56.3 Å². The van der Waals surface area contributed by atoms with Crippen LogP contribution in [0.15, 0.2) is 158 Å². The van der Waals surface area contributed by atoms with Gasteiger partial charge in [0, 0.05) is 31.7 Å². The molecule has 0 fully saturated rings. The van der Waals surface area contributed by atoms with Crippen molar-refractivity contribution in [1.82, 2.24) is 26.3 Å². The highest BCUT2D eigenvalue weighted by atomic mass is 16.5. The molecule has 8 rings (SSSR count). The summed E-state index contributed by atoms with van der Waals surface area (Å²) in [5, 5.41) is 21.4. The number of carboxylic acids is 1. The van der Waals surface area contributed by atoms with E-state index in [0.717, 1.165) is 38.9 Å². The molecular weight excluding hydrogens is 783 g/mol. The molecule has 3 heterocycles. The van der Waals surface area contributed by atoms with Gasteiger partial charge in [-0.1, -0.05) is 127 Å². The fourth-order valence-electron chi connectivity index (χ4n) is 7.30. The van der Waals surface area contributed by atoms with E-state index < -0.39 is 60.4 Å². The minimum absolute atomic E-state index is 0.0367. The van der Waals surface area contributed by atoms with E-state index in [9.17, 15) is 29.1 Å². The Bertz CT molecular complexity index is 2450. The Hall–Kier alpha value is -7.60. The average molecular weight is 830 g/mol. The molecule has 4 atom stereocenters. The van der Waals surface area contributed by atoms with Crippen LogP contribution in [0.2, 0.25) is 0 Å². The quantitative estimate of drug-likeness (QED) is 0.113. The van der Waals surface area contributed by atoms with Crippen molar-refractivity contribution in [3.05, 3.63) is 180 Å². The van der Waals surface area contributed by atoms with E-state index in [2.05, 4.69) is 26.3 Å². The lowest BCUT2D eigenvalue weighted by molar-refractivity contribution is -0.142. The number of benzene rings is 5. The molecule has 2 aliphatic heterocycles. The van der Waals surface area contributed by atoms with Gasteiger partial charge in [-0.2, -0.15) is 0 Å². The van der Waals surface area contributed by atoms with Crippen LogP contribution < -0.4 is 26.0 Å². The van der Waals surface area contributed by atoms with Crippen LogP contribution in [0.25, 0.3) is 22.3 Å². The molecule has 1 aromatic heterocycles. The number of nitrogens with zero attached hydrogens (tertiary/aromatic N) is 1. The first kappa shape index (κ1) is 42.5. The molecule has 12 heteroatoms. The monoisotopic (exact) mass is 829 g/mol. The van der Waals surface area contributed by atoms with E-state index in [1.807, 2.05) is 121 Å². The summed E-state index contributed by atoms with van der Waals surface area (Å²) in [6.45, 7) is -0.419. The molecule has 6 aromatic rings. The maximum atomic E-state index is 14.5. The molecule has 5 N–H and O–H groups in total. The normalized spacial score (nSPS) is 18.7. The second-order valence-electron chi connectivity index (χ2n) is 15.2. The van der Waals surface area contributed by atoms with Crippen LogP contribution in [-0.2, 0) is 49.7 Å². The molecule has 0 radical (unpaired) electrons. The fraction of sp³-hybridized carbons (Fsp3) is 0.200. The van der Waals surface area contributed by atoms with Crippen molar-refractivity contribution in [3.8, 4) is 28.0 Å². The Morgan fingerprint density at radius 1 is 0.565 bits per heavy atom. The van der Waals surface area contributed by atoms with Crippen LogP contribution in [-0.4, -0.2) is 70.5 Å². The van der Waals surface area contributed by atoms with Crippen molar-refractivity contribution in [2.75, 3.05) is 6.61 Å². The van der Waals surface area contributed by atoms with Crippen LogP contribution in [0.1, 0.15) is 28.7 Å². The van der Waals surface area contributed by atoms with E-state index in [1.165, 1.54) is 0 Å². The number of hydrogen-bond acceptors (Lipinski definition) is 7. The summed E-state index contributed by atoms with van der Waals surface area (Å²) in [6.07, 6.45) is 4.05. The molecule has 2 bridgehead atoms. The zero-order valence-electron chi connectivity index (χ0n) is 33.9. The number of aromatic nitrogens is 1. The van der Waals surface area contributed by atoms with E-state index in [0.29, 0.717) is 17.7 Å². The fourth-order valence-corrected chi connectivity index (χ4v) is 7.30. The van der Waals surface area contributed by atoms with Crippen molar-refractivity contribution in [1.29, 1.82) is 0 Å². The Balaban J connectivity index is 1.21. The highest BCUT2D eigenvalue weighted by Crippen LogP contribution is 2.22. The van der Waals surface area contributed by atoms with Crippen molar-refractivity contribution < 1.29 is 33.8 Å². The highest BCUT2D eigenvalue weighted by molar-refractivity contribution is 5.95. The third-order valence-corrected chi connectivity index (χ3v) is 10.7. The standard InChI is InChI=1S/C50H47N5O7/c56-46-32-62-41-24-17-36(18-25-41)30-45(50(60)61)55-47(57)42(26-19-33-8-3-1-4-9-33)53-49(59)44(29-35-13-20-38(21-14-35)37-10-5-2-6-11-37)54-48(58)43(52-46)28-34-15-22-39(23-16-34)40-12-7-27-51-31-40/h1-18,20-25,27,31,42-45H,19,26,28-30,32H2,(H,52,56)(H,53,59)(H,54,58)(H,55,57)(H,60,61)/t42-,43-,44+,45-/m0/s1. The maximum absolute atomic E-state index is 14.5. The molecule has 0 aliphatic carbocycles. The van der Waals surface area contributed by atoms with Gasteiger partial charge in [-0.15, -0.1) is 0 Å². The number of amides is 4. The number of nitrogens with one attached hydrogen (secondary N) is 4. The molecule has 0 spiro atoms. The van der Waals surface area contributed by atoms with Gasteiger partial charge < -0.3 is 31.1 Å². The van der Waals surface area contributed by atoms with Crippen molar-refractivity contribution in [2.24, 2.45) is 0 Å². The molecule has 314 valence electrons. The minimum atomic E-state index is -1.32. The number of carboxylic acid groups (broad SMARTS) is 1. The third kappa shape index (κ3) is 11.8. The molecule has 0 unspecified atom stereocenters. The molecular formula is C50H47N5O7. The number of carbonyl (C=O) groups excluding carboxylic acids is 4. The van der Waals surface area contributed by atoms with E-state index in [4.69, 9.17) is 4.74 Å². The van der Waals surface area contributed by atoms with Crippen LogP contribution >= 0.6 is 0 Å². The van der Waals surface area contributed by atoms with E-state index in [1.54, 1.807) is 36.7 Å². The minimum Gasteiger partial charge on any atom is -0.484 e. The smallest absolute Gasteiger partial charge is 0.326 e. The number of aliphatic carboxylic acids is 1. The second-order valence-corrected chi connectivity index (χ2v) is 15.2. The van der Waals surface area contributed by atoms with Crippen LogP contribution in [0.3, 0.4) is 0 Å². The number of aryl methyl sites for hydroxylation is 1. The maximum Gasteiger partial charge on any atom is 0.326 e. The number of carbonyl (C=O) groups is 5. The number of ether oxygens (including phenoxy) is 1. The first-order valence-corrected chi connectivity index (χ1v) is 20.5. The lowest BCUT2D eigenvalue weighted by Crippen LogP contribution is -2.59. The Labute approximate surface area is 359 Å². The predicted octanol–water partition coefficient (Wildman–Crippen LogP) is 5.49. The van der Waals surface area contributed by atoms with Gasteiger partial charge in [-0.25, -0.2) is 4.79 Å². The van der Waals surface area contributed by atoms with Gasteiger partial charge in [0.2, 0.25) is 17.7 Å². The lowest BCUT2D eigenvalue weighted by atomic mass is 9.98. The zero-order valence-corrected chi connectivity index (χ0v) is 33.9. The van der Waals surface area contributed by atoms with Gasteiger partial charge in [0.05, 0.1) is 0 Å². The van der Waals surface area contributed by atoms with E-state index in [-0.39, 0.29) is 25.7 Å². The topological polar surface area (TPSA) is 176 Å². The number of fused-ring (bicyclic) bond motifs is 16. The second kappa shape index (κ2) is 20.6. The SMILES string of the molecule is O=C1COc2ccc(cc2)C[C@@H](C(=O)O)NC(=O)[C@H](CCc2ccccc2)NC(=O)[C@@H](Cc2ccc(-c3ccccc3)cc2)NC(=O)[C@H](Cc2ccc(-c3cccnc3)cc2)N1. The average Bonchev–Trinajstić information content (AvgIpc) is 3.30. The zero-order chi connectivity index (χ0) is 43.3. The summed E-state index contributed by atoms with van der Waals surface area (Å²) in [5.41, 5.74) is 6.80. The number of hydrogen-bond donors (Lipinski definition) is 5. The molecule has 0 saturated heterocycles. The summed E-state index contributed by atoms with van der Waals surface area (Å²) in [6, 6.07) is 39.9.